The molecule has 2 heterocycles. The van der Waals surface area contributed by atoms with Crippen LogP contribution in [0.5, 0.6) is 0 Å². The van der Waals surface area contributed by atoms with Crippen LogP contribution in [0.25, 0.3) is 0 Å². The lowest BCUT2D eigenvalue weighted by molar-refractivity contribution is 0.111. The van der Waals surface area contributed by atoms with Crippen molar-refractivity contribution >= 4 is 33.6 Å². The van der Waals surface area contributed by atoms with Crippen LogP contribution >= 0.6 is 27.3 Å². The van der Waals surface area contributed by atoms with E-state index < -0.39 is 0 Å². The monoisotopic (exact) mass is 270 g/mol. The zero-order valence-corrected chi connectivity index (χ0v) is 9.59. The summed E-state index contributed by atoms with van der Waals surface area (Å²) in [6.45, 7) is 0.761. The highest BCUT2D eigenvalue weighted by Crippen LogP contribution is 2.20. The van der Waals surface area contributed by atoms with Gasteiger partial charge in [-0.05, 0) is 22.0 Å². The van der Waals surface area contributed by atoms with Gasteiger partial charge in [0.15, 0.2) is 6.29 Å². The number of nitrogens with zero attached hydrogens (tertiary/aromatic N) is 2. The molecule has 0 aliphatic carbocycles. The van der Waals surface area contributed by atoms with Gasteiger partial charge in [-0.25, -0.2) is 4.98 Å². The first kappa shape index (κ1) is 9.61. The average molecular weight is 271 g/mol. The van der Waals surface area contributed by atoms with Crippen LogP contribution in [-0.2, 0) is 6.54 Å². The minimum Gasteiger partial charge on any atom is -0.331 e. The van der Waals surface area contributed by atoms with Gasteiger partial charge in [-0.1, -0.05) is 0 Å². The van der Waals surface area contributed by atoms with E-state index in [1.807, 2.05) is 9.95 Å². The minimum atomic E-state index is 0.473. The second-order valence-electron chi connectivity index (χ2n) is 2.82. The predicted molar refractivity (Wildman–Crippen MR) is 58.7 cm³/mol. The van der Waals surface area contributed by atoms with Crippen LogP contribution in [-0.4, -0.2) is 15.8 Å². The number of hydrogen-bond acceptors (Lipinski definition) is 3. The summed E-state index contributed by atoms with van der Waals surface area (Å²) in [4.78, 5) is 15.5. The average Bonchev–Trinajstić information content (AvgIpc) is 2.76. The topological polar surface area (TPSA) is 34.9 Å². The molecule has 0 fully saturated rings. The highest BCUT2D eigenvalue weighted by Gasteiger charge is 2.00. The summed E-state index contributed by atoms with van der Waals surface area (Å²) in [6, 6.07) is 2.06. The third-order valence-electron chi connectivity index (χ3n) is 1.73. The molecule has 2 rings (SSSR count). The van der Waals surface area contributed by atoms with E-state index >= 15 is 0 Å². The number of rotatable bonds is 3. The Morgan fingerprint density at radius 2 is 2.50 bits per heavy atom. The van der Waals surface area contributed by atoms with Crippen molar-refractivity contribution in [2.24, 2.45) is 0 Å². The zero-order chi connectivity index (χ0) is 9.97. The Morgan fingerprint density at radius 1 is 1.64 bits per heavy atom. The fraction of sp³-hybridized carbons (Fsp3) is 0.111. The highest BCUT2D eigenvalue weighted by atomic mass is 79.9. The van der Waals surface area contributed by atoms with Gasteiger partial charge in [0, 0.05) is 20.9 Å². The van der Waals surface area contributed by atoms with E-state index in [4.69, 9.17) is 0 Å². The van der Waals surface area contributed by atoms with Crippen molar-refractivity contribution in [1.29, 1.82) is 0 Å². The van der Waals surface area contributed by atoms with Crippen molar-refractivity contribution in [3.63, 3.8) is 0 Å². The SMILES string of the molecule is O=Cc1cn(Cc2cc(Br)cs2)cn1. The molecule has 14 heavy (non-hydrogen) atoms. The smallest absolute Gasteiger partial charge is 0.169 e. The van der Waals surface area contributed by atoms with Crippen molar-refractivity contribution in [3.05, 3.63) is 39.0 Å². The lowest BCUT2D eigenvalue weighted by Gasteiger charge is -1.96. The summed E-state index contributed by atoms with van der Waals surface area (Å²) in [5.74, 6) is 0. The molecule has 0 aromatic carbocycles. The molecule has 0 atom stereocenters. The van der Waals surface area contributed by atoms with E-state index in [1.54, 1.807) is 23.9 Å². The summed E-state index contributed by atoms with van der Waals surface area (Å²) >= 11 is 5.07. The number of thiophene rings is 1. The van der Waals surface area contributed by atoms with Gasteiger partial charge >= 0.3 is 0 Å². The van der Waals surface area contributed by atoms with Crippen molar-refractivity contribution in [1.82, 2.24) is 9.55 Å². The maximum atomic E-state index is 10.4. The summed E-state index contributed by atoms with van der Waals surface area (Å²) in [7, 11) is 0. The minimum absolute atomic E-state index is 0.473. The maximum Gasteiger partial charge on any atom is 0.169 e. The number of aldehydes is 1. The Morgan fingerprint density at radius 3 is 3.07 bits per heavy atom. The third-order valence-corrected chi connectivity index (χ3v) is 3.42. The first-order valence-corrected chi connectivity index (χ1v) is 5.65. The summed E-state index contributed by atoms with van der Waals surface area (Å²) < 4.78 is 2.98. The van der Waals surface area contributed by atoms with Crippen molar-refractivity contribution < 1.29 is 4.79 Å². The molecule has 0 aliphatic rings. The molecule has 0 radical (unpaired) electrons. The van der Waals surface area contributed by atoms with Crippen LogP contribution < -0.4 is 0 Å². The molecule has 0 unspecified atom stereocenters. The van der Waals surface area contributed by atoms with Crippen LogP contribution in [0.2, 0.25) is 0 Å². The van der Waals surface area contributed by atoms with Gasteiger partial charge in [-0.3, -0.25) is 4.79 Å². The molecular formula is C9H7BrN2OS. The second-order valence-corrected chi connectivity index (χ2v) is 4.73. The Bertz CT molecular complexity index is 449. The lowest BCUT2D eigenvalue weighted by Crippen LogP contribution is -1.93. The van der Waals surface area contributed by atoms with E-state index in [-0.39, 0.29) is 0 Å². The molecule has 3 nitrogen and oxygen atoms in total. The molecule has 0 saturated carbocycles. The maximum absolute atomic E-state index is 10.4. The molecule has 5 heteroatoms. The standard InChI is InChI=1S/C9H7BrN2OS/c10-7-1-9(14-5-7)3-12-2-8(4-13)11-6-12/h1-2,4-6H,3H2. The second kappa shape index (κ2) is 4.06. The van der Waals surface area contributed by atoms with Crippen LogP contribution in [0.3, 0.4) is 0 Å². The zero-order valence-electron chi connectivity index (χ0n) is 7.18. The van der Waals surface area contributed by atoms with Crippen molar-refractivity contribution in [2.45, 2.75) is 6.54 Å². The Balaban J connectivity index is 2.14. The van der Waals surface area contributed by atoms with Gasteiger partial charge < -0.3 is 4.57 Å². The van der Waals surface area contributed by atoms with Gasteiger partial charge in [-0.2, -0.15) is 0 Å². The molecule has 0 aliphatic heterocycles. The Kier molecular flexibility index (Phi) is 2.79. The van der Waals surface area contributed by atoms with Crippen molar-refractivity contribution in [3.8, 4) is 0 Å². The van der Waals surface area contributed by atoms with E-state index in [9.17, 15) is 4.79 Å². The normalized spacial score (nSPS) is 10.4. The molecule has 0 N–H and O–H groups in total. The highest BCUT2D eigenvalue weighted by molar-refractivity contribution is 9.10. The van der Waals surface area contributed by atoms with Gasteiger partial charge in [0.05, 0.1) is 12.9 Å². The van der Waals surface area contributed by atoms with Gasteiger partial charge in [0.2, 0.25) is 0 Å². The molecule has 2 aromatic rings. The van der Waals surface area contributed by atoms with E-state index in [2.05, 4.69) is 27.0 Å². The number of carbonyl (C=O) groups excluding carboxylic acids is 1. The molecule has 0 bridgehead atoms. The van der Waals surface area contributed by atoms with Crippen LogP contribution in [0.1, 0.15) is 15.4 Å². The summed E-state index contributed by atoms with van der Waals surface area (Å²) in [5.41, 5.74) is 0.473. The molecular weight excluding hydrogens is 264 g/mol. The number of halogens is 1. The molecule has 72 valence electrons. The van der Waals surface area contributed by atoms with Crippen LogP contribution in [0.4, 0.5) is 0 Å². The quantitative estimate of drug-likeness (QED) is 0.804. The van der Waals surface area contributed by atoms with E-state index in [0.717, 1.165) is 17.3 Å². The van der Waals surface area contributed by atoms with E-state index in [1.165, 1.54) is 4.88 Å². The molecule has 2 aromatic heterocycles. The van der Waals surface area contributed by atoms with Gasteiger partial charge in [-0.15, -0.1) is 11.3 Å². The molecule has 0 saturated heterocycles. The molecule has 0 spiro atoms. The Hall–Kier alpha value is -0.940. The first-order chi connectivity index (χ1) is 6.78. The molecule has 0 amide bonds. The first-order valence-electron chi connectivity index (χ1n) is 3.98. The number of carbonyl (C=O) groups is 1. The lowest BCUT2D eigenvalue weighted by atomic mass is 10.4. The number of hydrogen-bond donors (Lipinski definition) is 0. The van der Waals surface area contributed by atoms with Gasteiger partial charge in [0.25, 0.3) is 0 Å². The predicted octanol–water partition coefficient (Wildman–Crippen LogP) is 2.57. The van der Waals surface area contributed by atoms with E-state index in [0.29, 0.717) is 5.69 Å². The largest absolute Gasteiger partial charge is 0.331 e. The fourth-order valence-corrected chi connectivity index (χ4v) is 2.60. The number of aromatic nitrogens is 2. The third kappa shape index (κ3) is 2.10. The van der Waals surface area contributed by atoms with Crippen molar-refractivity contribution in [2.75, 3.05) is 0 Å². The van der Waals surface area contributed by atoms with Crippen LogP contribution in [0.15, 0.2) is 28.4 Å². The van der Waals surface area contributed by atoms with Gasteiger partial charge in [0.1, 0.15) is 5.69 Å². The summed E-state index contributed by atoms with van der Waals surface area (Å²) in [5, 5.41) is 2.03. The number of imidazole rings is 1. The summed E-state index contributed by atoms with van der Waals surface area (Å²) in [6.07, 6.45) is 4.15. The Labute approximate surface area is 93.5 Å². The van der Waals surface area contributed by atoms with Crippen LogP contribution in [0, 0.1) is 0 Å². The fourth-order valence-electron chi connectivity index (χ4n) is 1.14.